The van der Waals surface area contributed by atoms with Gasteiger partial charge < -0.3 is 4.74 Å². The van der Waals surface area contributed by atoms with E-state index in [0.717, 1.165) is 23.5 Å². The first-order valence-corrected chi connectivity index (χ1v) is 4.46. The Balaban J connectivity index is 2.32. The molecule has 1 saturated heterocycles. The van der Waals surface area contributed by atoms with Crippen molar-refractivity contribution in [1.82, 2.24) is 10.4 Å². The van der Waals surface area contributed by atoms with Crippen LogP contribution in [0, 0.1) is 0 Å². The minimum atomic E-state index is 0.0881. The maximum atomic E-state index is 5.50. The molecule has 11 heavy (non-hydrogen) atoms. The number of hydrazine groups is 1. The van der Waals surface area contributed by atoms with E-state index in [2.05, 4.69) is 40.2 Å². The highest BCUT2D eigenvalue weighted by Crippen LogP contribution is 2.34. The molecule has 2 aliphatic heterocycles. The summed E-state index contributed by atoms with van der Waals surface area (Å²) < 4.78 is 6.61. The standard InChI is InChI=1S/C7H11BrN2O/c1-7(2)4-11-6-5(8)3-9-10(6)7/h9H,3-4H2,1-2H3. The lowest BCUT2D eigenvalue weighted by molar-refractivity contribution is 0.167. The average molecular weight is 219 g/mol. The molecule has 2 aliphatic rings. The Morgan fingerprint density at radius 2 is 2.36 bits per heavy atom. The highest BCUT2D eigenvalue weighted by molar-refractivity contribution is 9.11. The first kappa shape index (κ1) is 7.43. The fourth-order valence-electron chi connectivity index (χ4n) is 1.36. The third-order valence-electron chi connectivity index (χ3n) is 1.99. The largest absolute Gasteiger partial charge is 0.475 e. The summed E-state index contributed by atoms with van der Waals surface area (Å²) >= 11 is 3.45. The maximum Gasteiger partial charge on any atom is 0.216 e. The first-order valence-electron chi connectivity index (χ1n) is 3.66. The molecule has 0 saturated carbocycles. The zero-order valence-corrected chi connectivity index (χ0v) is 8.23. The number of hydrogen-bond acceptors (Lipinski definition) is 3. The van der Waals surface area contributed by atoms with Crippen molar-refractivity contribution in [2.24, 2.45) is 0 Å². The molecule has 62 valence electrons. The first-order chi connectivity index (χ1) is 5.11. The van der Waals surface area contributed by atoms with E-state index < -0.39 is 0 Å². The van der Waals surface area contributed by atoms with Crippen LogP contribution in [0.25, 0.3) is 0 Å². The molecule has 0 bridgehead atoms. The van der Waals surface area contributed by atoms with Gasteiger partial charge in [0.05, 0.1) is 16.6 Å². The van der Waals surface area contributed by atoms with E-state index in [9.17, 15) is 0 Å². The van der Waals surface area contributed by atoms with Crippen molar-refractivity contribution >= 4 is 15.9 Å². The van der Waals surface area contributed by atoms with E-state index in [0.29, 0.717) is 0 Å². The molecular weight excluding hydrogens is 208 g/mol. The van der Waals surface area contributed by atoms with Crippen LogP contribution in [-0.4, -0.2) is 23.7 Å². The summed E-state index contributed by atoms with van der Waals surface area (Å²) in [7, 11) is 0. The minimum absolute atomic E-state index is 0.0881. The van der Waals surface area contributed by atoms with E-state index in [-0.39, 0.29) is 5.54 Å². The smallest absolute Gasteiger partial charge is 0.216 e. The van der Waals surface area contributed by atoms with Crippen LogP contribution in [-0.2, 0) is 4.74 Å². The second-order valence-electron chi connectivity index (χ2n) is 3.48. The van der Waals surface area contributed by atoms with Gasteiger partial charge in [-0.05, 0) is 29.8 Å². The molecule has 2 rings (SSSR count). The monoisotopic (exact) mass is 218 g/mol. The van der Waals surface area contributed by atoms with Gasteiger partial charge in [0.2, 0.25) is 5.88 Å². The molecule has 0 radical (unpaired) electrons. The van der Waals surface area contributed by atoms with Gasteiger partial charge in [-0.25, -0.2) is 5.43 Å². The summed E-state index contributed by atoms with van der Waals surface area (Å²) in [6.45, 7) is 5.90. The molecule has 0 spiro atoms. The molecule has 2 heterocycles. The lowest BCUT2D eigenvalue weighted by Gasteiger charge is -2.26. The molecule has 1 fully saturated rings. The summed E-state index contributed by atoms with van der Waals surface area (Å²) in [4.78, 5) is 0. The Labute approximate surface area is 74.5 Å². The molecule has 4 heteroatoms. The van der Waals surface area contributed by atoms with Gasteiger partial charge in [-0.1, -0.05) is 0 Å². The van der Waals surface area contributed by atoms with Crippen molar-refractivity contribution in [2.75, 3.05) is 13.2 Å². The molecule has 0 amide bonds. The lowest BCUT2D eigenvalue weighted by Crippen LogP contribution is -2.45. The van der Waals surface area contributed by atoms with Gasteiger partial charge in [0.25, 0.3) is 0 Å². The van der Waals surface area contributed by atoms with Crippen molar-refractivity contribution in [1.29, 1.82) is 0 Å². The Morgan fingerprint density at radius 3 is 3.00 bits per heavy atom. The van der Waals surface area contributed by atoms with Crippen molar-refractivity contribution in [3.05, 3.63) is 10.4 Å². The average Bonchev–Trinajstić information content (AvgIpc) is 2.39. The molecular formula is C7H11BrN2O. The van der Waals surface area contributed by atoms with Gasteiger partial charge in [0, 0.05) is 0 Å². The molecule has 0 unspecified atom stereocenters. The van der Waals surface area contributed by atoms with Gasteiger partial charge >= 0.3 is 0 Å². The van der Waals surface area contributed by atoms with Crippen LogP contribution in [0.15, 0.2) is 10.4 Å². The van der Waals surface area contributed by atoms with Gasteiger partial charge in [0.1, 0.15) is 6.61 Å². The Bertz CT molecular complexity index is 224. The van der Waals surface area contributed by atoms with Crippen molar-refractivity contribution in [3.63, 3.8) is 0 Å². The van der Waals surface area contributed by atoms with Gasteiger partial charge in [-0.15, -0.1) is 0 Å². The molecule has 0 aromatic rings. The van der Waals surface area contributed by atoms with Crippen LogP contribution in [0.3, 0.4) is 0 Å². The second-order valence-corrected chi connectivity index (χ2v) is 4.44. The number of fused-ring (bicyclic) bond motifs is 1. The minimum Gasteiger partial charge on any atom is -0.475 e. The maximum absolute atomic E-state index is 5.50. The summed E-state index contributed by atoms with van der Waals surface area (Å²) in [5, 5.41) is 2.08. The Morgan fingerprint density at radius 1 is 1.64 bits per heavy atom. The number of nitrogens with zero attached hydrogens (tertiary/aromatic N) is 1. The van der Waals surface area contributed by atoms with Crippen LogP contribution in [0.4, 0.5) is 0 Å². The zero-order valence-electron chi connectivity index (χ0n) is 6.65. The zero-order chi connectivity index (χ0) is 8.06. The highest BCUT2D eigenvalue weighted by atomic mass is 79.9. The van der Waals surface area contributed by atoms with Crippen LogP contribution in [0.2, 0.25) is 0 Å². The Hall–Kier alpha value is -0.220. The third-order valence-corrected chi connectivity index (χ3v) is 2.61. The van der Waals surface area contributed by atoms with E-state index in [1.807, 2.05) is 0 Å². The Kier molecular flexibility index (Phi) is 1.44. The predicted octanol–water partition coefficient (Wildman–Crippen LogP) is 1.18. The van der Waals surface area contributed by atoms with Crippen LogP contribution >= 0.6 is 15.9 Å². The van der Waals surface area contributed by atoms with E-state index in [4.69, 9.17) is 4.74 Å². The summed E-state index contributed by atoms with van der Waals surface area (Å²) in [6, 6.07) is 0. The summed E-state index contributed by atoms with van der Waals surface area (Å²) in [5.74, 6) is 0.954. The number of hydrogen-bond donors (Lipinski definition) is 1. The van der Waals surface area contributed by atoms with Gasteiger partial charge in [-0.2, -0.15) is 0 Å². The highest BCUT2D eigenvalue weighted by Gasteiger charge is 2.41. The summed E-state index contributed by atoms with van der Waals surface area (Å²) in [6.07, 6.45) is 0. The number of rotatable bonds is 0. The van der Waals surface area contributed by atoms with Crippen LogP contribution < -0.4 is 5.43 Å². The predicted molar refractivity (Wildman–Crippen MR) is 45.8 cm³/mol. The fraction of sp³-hybridized carbons (Fsp3) is 0.714. The molecule has 0 aromatic heterocycles. The second kappa shape index (κ2) is 2.14. The fourth-order valence-corrected chi connectivity index (χ4v) is 1.78. The number of ether oxygens (including phenoxy) is 1. The summed E-state index contributed by atoms with van der Waals surface area (Å²) in [5.41, 5.74) is 3.33. The van der Waals surface area contributed by atoms with Crippen LogP contribution in [0.1, 0.15) is 13.8 Å². The number of nitrogens with one attached hydrogen (secondary N) is 1. The molecule has 0 atom stereocenters. The molecule has 0 aliphatic carbocycles. The van der Waals surface area contributed by atoms with Crippen LogP contribution in [0.5, 0.6) is 0 Å². The lowest BCUT2D eigenvalue weighted by atomic mass is 10.1. The van der Waals surface area contributed by atoms with E-state index >= 15 is 0 Å². The van der Waals surface area contributed by atoms with E-state index in [1.165, 1.54) is 0 Å². The van der Waals surface area contributed by atoms with Crippen molar-refractivity contribution in [2.45, 2.75) is 19.4 Å². The molecule has 3 nitrogen and oxygen atoms in total. The molecule has 0 aromatic carbocycles. The molecule has 1 N–H and O–H groups in total. The van der Waals surface area contributed by atoms with Gasteiger partial charge in [0.15, 0.2) is 0 Å². The topological polar surface area (TPSA) is 24.5 Å². The third kappa shape index (κ3) is 0.964. The van der Waals surface area contributed by atoms with E-state index in [1.54, 1.807) is 0 Å². The van der Waals surface area contributed by atoms with Gasteiger partial charge in [-0.3, -0.25) is 5.01 Å². The van der Waals surface area contributed by atoms with Crippen molar-refractivity contribution < 1.29 is 4.74 Å². The normalized spacial score (nSPS) is 27.4. The quantitative estimate of drug-likeness (QED) is 0.662. The van der Waals surface area contributed by atoms with Crippen molar-refractivity contribution in [3.8, 4) is 0 Å². The number of halogens is 1. The SMILES string of the molecule is CC1(C)COC2=C(Br)CNN21.